The van der Waals surface area contributed by atoms with Crippen LogP contribution in [-0.4, -0.2) is 12.4 Å². The molecule has 0 saturated heterocycles. The van der Waals surface area contributed by atoms with Crippen LogP contribution in [0.15, 0.2) is 59.5 Å². The van der Waals surface area contributed by atoms with Crippen molar-refractivity contribution < 1.29 is 9.13 Å². The molecule has 0 amide bonds. The van der Waals surface area contributed by atoms with Gasteiger partial charge in [0.15, 0.2) is 11.6 Å². The van der Waals surface area contributed by atoms with Crippen molar-refractivity contribution in [1.29, 1.82) is 0 Å². The topological polar surface area (TPSA) is 9.23 Å². The van der Waals surface area contributed by atoms with Crippen LogP contribution in [0.25, 0.3) is 0 Å². The number of halogens is 1. The molecule has 0 aliphatic rings. The number of para-hydroxylation sites is 1. The average Bonchev–Trinajstić information content (AvgIpc) is 2.38. The molecule has 88 valence electrons. The minimum atomic E-state index is -0.308. The van der Waals surface area contributed by atoms with E-state index in [1.54, 1.807) is 30.0 Å². The van der Waals surface area contributed by atoms with Crippen molar-refractivity contribution in [2.75, 3.05) is 12.4 Å². The first-order valence-electron chi connectivity index (χ1n) is 5.41. The molecule has 0 spiro atoms. The maximum absolute atomic E-state index is 13.2. The third-order valence-electron chi connectivity index (χ3n) is 2.19. The molecule has 2 aromatic carbocycles. The molecule has 2 rings (SSSR count). The van der Waals surface area contributed by atoms with Gasteiger partial charge in [0.2, 0.25) is 0 Å². The van der Waals surface area contributed by atoms with Crippen molar-refractivity contribution in [1.82, 2.24) is 0 Å². The van der Waals surface area contributed by atoms with E-state index in [0.717, 1.165) is 5.75 Å². The van der Waals surface area contributed by atoms with E-state index < -0.39 is 0 Å². The van der Waals surface area contributed by atoms with Gasteiger partial charge >= 0.3 is 0 Å². The van der Waals surface area contributed by atoms with E-state index in [1.165, 1.54) is 11.0 Å². The summed E-state index contributed by atoms with van der Waals surface area (Å²) in [6.45, 7) is 0.500. The Labute approximate surface area is 105 Å². The van der Waals surface area contributed by atoms with Crippen molar-refractivity contribution >= 4 is 11.8 Å². The molecule has 3 heteroatoms. The lowest BCUT2D eigenvalue weighted by Crippen LogP contribution is -2.01. The third kappa shape index (κ3) is 3.79. The maximum atomic E-state index is 13.2. The van der Waals surface area contributed by atoms with E-state index in [-0.39, 0.29) is 5.82 Å². The highest BCUT2D eigenvalue weighted by atomic mass is 32.2. The molecule has 0 heterocycles. The monoisotopic (exact) mass is 248 g/mol. The van der Waals surface area contributed by atoms with Crippen LogP contribution in [0.1, 0.15) is 0 Å². The van der Waals surface area contributed by atoms with E-state index >= 15 is 0 Å². The molecule has 0 saturated carbocycles. The molecule has 0 aliphatic carbocycles. The molecule has 2 aromatic rings. The summed E-state index contributed by atoms with van der Waals surface area (Å²) < 4.78 is 18.6. The van der Waals surface area contributed by atoms with Crippen LogP contribution >= 0.6 is 11.8 Å². The quantitative estimate of drug-likeness (QED) is 0.584. The summed E-state index contributed by atoms with van der Waals surface area (Å²) in [6.07, 6.45) is 0. The smallest absolute Gasteiger partial charge is 0.165 e. The number of thioether (sulfide) groups is 1. The number of hydrogen-bond acceptors (Lipinski definition) is 2. The molecule has 17 heavy (non-hydrogen) atoms. The van der Waals surface area contributed by atoms with Crippen molar-refractivity contribution in [2.45, 2.75) is 4.90 Å². The molecule has 0 radical (unpaired) electrons. The summed E-state index contributed by atoms with van der Waals surface area (Å²) in [5.41, 5.74) is 0. The Morgan fingerprint density at radius 2 is 1.65 bits per heavy atom. The summed E-state index contributed by atoms with van der Waals surface area (Å²) in [6, 6.07) is 16.5. The zero-order chi connectivity index (χ0) is 11.9. The van der Waals surface area contributed by atoms with Crippen molar-refractivity contribution in [3.63, 3.8) is 0 Å². The van der Waals surface area contributed by atoms with E-state index in [2.05, 4.69) is 0 Å². The zero-order valence-electron chi connectivity index (χ0n) is 9.30. The van der Waals surface area contributed by atoms with E-state index in [1.807, 2.05) is 30.3 Å². The van der Waals surface area contributed by atoms with Gasteiger partial charge < -0.3 is 4.74 Å². The van der Waals surface area contributed by atoms with Gasteiger partial charge in [-0.25, -0.2) is 4.39 Å². The Morgan fingerprint density at radius 3 is 2.41 bits per heavy atom. The standard InChI is InChI=1S/C14H13FOS/c15-13-8-4-5-9-14(13)16-10-11-17-12-6-2-1-3-7-12/h1-9H,10-11H2. The fourth-order valence-corrected chi connectivity index (χ4v) is 2.14. The SMILES string of the molecule is Fc1ccccc1OCCSc1ccccc1. The normalized spacial score (nSPS) is 10.2. The van der Waals surface area contributed by atoms with Crippen LogP contribution < -0.4 is 4.74 Å². The molecule has 0 bridgehead atoms. The number of benzene rings is 2. The van der Waals surface area contributed by atoms with Crippen LogP contribution in [0, 0.1) is 5.82 Å². The Bertz CT molecular complexity index is 459. The zero-order valence-corrected chi connectivity index (χ0v) is 10.1. The second-order valence-corrected chi connectivity index (χ2v) is 4.61. The van der Waals surface area contributed by atoms with Gasteiger partial charge in [0.05, 0.1) is 6.61 Å². The number of hydrogen-bond donors (Lipinski definition) is 0. The van der Waals surface area contributed by atoms with E-state index in [4.69, 9.17) is 4.74 Å². The molecule has 0 aromatic heterocycles. The van der Waals surface area contributed by atoms with Gasteiger partial charge in [-0.05, 0) is 24.3 Å². The average molecular weight is 248 g/mol. The fourth-order valence-electron chi connectivity index (χ4n) is 1.39. The lowest BCUT2D eigenvalue weighted by atomic mass is 10.3. The van der Waals surface area contributed by atoms with Gasteiger partial charge in [0, 0.05) is 10.6 Å². The van der Waals surface area contributed by atoms with Gasteiger partial charge in [0.1, 0.15) is 0 Å². The highest BCUT2D eigenvalue weighted by Crippen LogP contribution is 2.19. The number of rotatable bonds is 5. The van der Waals surface area contributed by atoms with Crippen LogP contribution in [0.2, 0.25) is 0 Å². The maximum Gasteiger partial charge on any atom is 0.165 e. The molecule has 1 nitrogen and oxygen atoms in total. The summed E-state index contributed by atoms with van der Waals surface area (Å²) in [4.78, 5) is 1.20. The molecule has 0 unspecified atom stereocenters. The lowest BCUT2D eigenvalue weighted by molar-refractivity contribution is 0.325. The van der Waals surface area contributed by atoms with Gasteiger partial charge in [-0.3, -0.25) is 0 Å². The summed E-state index contributed by atoms with van der Waals surface area (Å²) >= 11 is 1.70. The second-order valence-electron chi connectivity index (χ2n) is 3.44. The van der Waals surface area contributed by atoms with Crippen LogP contribution in [-0.2, 0) is 0 Å². The Morgan fingerprint density at radius 1 is 0.941 bits per heavy atom. The summed E-state index contributed by atoms with van der Waals surface area (Å²) in [5.74, 6) is 0.816. The van der Waals surface area contributed by atoms with Crippen LogP contribution in [0.3, 0.4) is 0 Å². The fraction of sp³-hybridized carbons (Fsp3) is 0.143. The van der Waals surface area contributed by atoms with E-state index in [9.17, 15) is 4.39 Å². The predicted molar refractivity (Wildman–Crippen MR) is 69.1 cm³/mol. The predicted octanol–water partition coefficient (Wildman–Crippen LogP) is 4.00. The molecule has 0 fully saturated rings. The molecular weight excluding hydrogens is 235 g/mol. The van der Waals surface area contributed by atoms with Gasteiger partial charge in [-0.1, -0.05) is 30.3 Å². The Kier molecular flexibility index (Phi) is 4.45. The second kappa shape index (κ2) is 6.30. The van der Waals surface area contributed by atoms with Gasteiger partial charge in [-0.15, -0.1) is 11.8 Å². The first kappa shape index (κ1) is 12.0. The van der Waals surface area contributed by atoms with Gasteiger partial charge in [-0.2, -0.15) is 0 Å². The van der Waals surface area contributed by atoms with Crippen molar-refractivity contribution in [3.8, 4) is 5.75 Å². The molecular formula is C14H13FOS. The Hall–Kier alpha value is -1.48. The molecule has 0 aliphatic heterocycles. The molecule has 0 N–H and O–H groups in total. The Balaban J connectivity index is 1.76. The van der Waals surface area contributed by atoms with Crippen molar-refractivity contribution in [2.24, 2.45) is 0 Å². The largest absolute Gasteiger partial charge is 0.490 e. The molecule has 0 atom stereocenters. The lowest BCUT2D eigenvalue weighted by Gasteiger charge is -2.06. The minimum Gasteiger partial charge on any atom is -0.490 e. The van der Waals surface area contributed by atoms with Crippen LogP contribution in [0.5, 0.6) is 5.75 Å². The van der Waals surface area contributed by atoms with Gasteiger partial charge in [0.25, 0.3) is 0 Å². The van der Waals surface area contributed by atoms with Crippen molar-refractivity contribution in [3.05, 3.63) is 60.4 Å². The number of ether oxygens (including phenoxy) is 1. The first-order chi connectivity index (χ1) is 8.36. The highest BCUT2D eigenvalue weighted by Gasteiger charge is 2.00. The summed E-state index contributed by atoms with van der Waals surface area (Å²) in [7, 11) is 0. The first-order valence-corrected chi connectivity index (χ1v) is 6.40. The summed E-state index contributed by atoms with van der Waals surface area (Å²) in [5, 5.41) is 0. The van der Waals surface area contributed by atoms with E-state index in [0.29, 0.717) is 12.4 Å². The third-order valence-corrected chi connectivity index (χ3v) is 3.17. The highest BCUT2D eigenvalue weighted by molar-refractivity contribution is 7.99. The minimum absolute atomic E-state index is 0.308. The van der Waals surface area contributed by atoms with Crippen LogP contribution in [0.4, 0.5) is 4.39 Å².